The number of anilines is 1. The molecule has 19 heteroatoms. The summed E-state index contributed by atoms with van der Waals surface area (Å²) < 4.78 is 53.1. The van der Waals surface area contributed by atoms with Crippen molar-refractivity contribution in [3.63, 3.8) is 0 Å². The molecule has 0 aliphatic carbocycles. The Balaban J connectivity index is 1.59. The van der Waals surface area contributed by atoms with Gasteiger partial charge in [0.05, 0.1) is 48.4 Å². The number of hydrogen-bond donors (Lipinski definition) is 3. The van der Waals surface area contributed by atoms with E-state index in [4.69, 9.17) is 38.8 Å². The second-order valence-electron chi connectivity index (χ2n) is 16.9. The molecule has 0 spiro atoms. The summed E-state index contributed by atoms with van der Waals surface area (Å²) in [4.78, 5) is 58.3. The fourth-order valence-electron chi connectivity index (χ4n) is 8.38. The lowest BCUT2D eigenvalue weighted by Gasteiger charge is -2.47. The van der Waals surface area contributed by atoms with Gasteiger partial charge >= 0.3 is 5.97 Å². The van der Waals surface area contributed by atoms with Crippen LogP contribution < -0.4 is 5.73 Å². The number of carbonyl (C=O) groups is 3. The van der Waals surface area contributed by atoms with Gasteiger partial charge in [0.25, 0.3) is 17.5 Å². The molecule has 2 aromatic heterocycles. The van der Waals surface area contributed by atoms with Gasteiger partial charge in [0, 0.05) is 30.0 Å². The van der Waals surface area contributed by atoms with Crippen LogP contribution in [0.5, 0.6) is 0 Å². The molecule has 59 heavy (non-hydrogen) atoms. The number of Topliss-reactive ketones (excluding diaryl/α,β-unsaturated/α-hetero) is 2. The van der Waals surface area contributed by atoms with Gasteiger partial charge in [-0.1, -0.05) is 32.9 Å². The topological polar surface area (TPSA) is 240 Å². The standard InChI is InChI=1S/C40H59FN6O12/c1-11-28-40(8,52)33-22(4)29(48)20(2)15-38(6,54-18-26(17-53-33)45-55-19-25-13-12-24(16-43-25)34-44-37(42)46-59-34)32(23(5)31(50)39(7,41)36(51)57-28)58-35-30(49)27(47(9)10)14-21(3)56-35/h12-13,16,20-23,27-28,30,32-33,35,49,52H,11,14-15,17-19H2,1-10H3,(H2,42,46)/b45-26+/t20-,21-,22+,23+,27+,28-,30-,32-,33+,35+,38-,39+,40-/m1/s1. The summed E-state index contributed by atoms with van der Waals surface area (Å²) in [5.41, 5.74) is -0.208. The van der Waals surface area contributed by atoms with E-state index in [1.165, 1.54) is 20.0 Å². The predicted molar refractivity (Wildman–Crippen MR) is 208 cm³/mol. The van der Waals surface area contributed by atoms with Gasteiger partial charge in [-0.25, -0.2) is 9.18 Å². The molecule has 2 bridgehead atoms. The zero-order chi connectivity index (χ0) is 43.6. The number of alkyl halides is 1. The van der Waals surface area contributed by atoms with Crippen LogP contribution in [0.2, 0.25) is 0 Å². The number of nitrogens with zero attached hydrogens (tertiary/aromatic N) is 5. The van der Waals surface area contributed by atoms with E-state index in [0.29, 0.717) is 17.7 Å². The van der Waals surface area contributed by atoms with Gasteiger partial charge in [-0.2, -0.15) is 4.98 Å². The van der Waals surface area contributed by atoms with Crippen molar-refractivity contribution in [2.75, 3.05) is 33.0 Å². The van der Waals surface area contributed by atoms with Crippen molar-refractivity contribution in [2.24, 2.45) is 22.9 Å². The van der Waals surface area contributed by atoms with Crippen molar-refractivity contribution in [1.82, 2.24) is 20.0 Å². The van der Waals surface area contributed by atoms with Crippen LogP contribution in [0, 0.1) is 17.8 Å². The van der Waals surface area contributed by atoms with Crippen molar-refractivity contribution in [3.8, 4) is 11.5 Å². The number of pyridine rings is 1. The average Bonchev–Trinajstić information content (AvgIpc) is 3.62. The summed E-state index contributed by atoms with van der Waals surface area (Å²) in [6.07, 6.45) is -5.27. The van der Waals surface area contributed by atoms with E-state index in [1.54, 1.807) is 53.9 Å². The number of ether oxygens (including phenoxy) is 5. The molecule has 3 aliphatic heterocycles. The minimum atomic E-state index is -3.23. The highest BCUT2D eigenvalue weighted by Crippen LogP contribution is 2.40. The number of halogens is 1. The van der Waals surface area contributed by atoms with Gasteiger partial charge in [0.15, 0.2) is 18.7 Å². The number of aliphatic hydroxyl groups excluding tert-OH is 1. The number of oxime groups is 1. The number of cyclic esters (lactones) is 1. The van der Waals surface area contributed by atoms with Gasteiger partial charge in [-0.3, -0.25) is 14.6 Å². The number of carbonyl (C=O) groups excluding carboxylic acids is 3. The van der Waals surface area contributed by atoms with E-state index in [9.17, 15) is 24.6 Å². The van der Waals surface area contributed by atoms with Crippen LogP contribution in [0.3, 0.4) is 0 Å². The molecule has 0 aromatic carbocycles. The van der Waals surface area contributed by atoms with E-state index in [2.05, 4.69) is 20.3 Å². The monoisotopic (exact) mass is 834 g/mol. The van der Waals surface area contributed by atoms with E-state index in [0.717, 1.165) is 6.92 Å². The van der Waals surface area contributed by atoms with Gasteiger partial charge in [0.1, 0.15) is 29.3 Å². The highest BCUT2D eigenvalue weighted by molar-refractivity contribution is 6.08. The smallest absolute Gasteiger partial charge is 0.351 e. The lowest BCUT2D eigenvalue weighted by molar-refractivity contribution is -0.296. The molecule has 3 fully saturated rings. The number of nitrogen functional groups attached to an aromatic ring is 1. The first-order valence-electron chi connectivity index (χ1n) is 19.9. The van der Waals surface area contributed by atoms with Crippen LogP contribution in [0.15, 0.2) is 28.0 Å². The van der Waals surface area contributed by atoms with Crippen molar-refractivity contribution in [3.05, 3.63) is 24.0 Å². The Morgan fingerprint density at radius 3 is 2.41 bits per heavy atom. The highest BCUT2D eigenvalue weighted by atomic mass is 19.1. The number of likely N-dealkylation sites (N-methyl/N-ethyl adjacent to an activating group) is 1. The van der Waals surface area contributed by atoms with Crippen molar-refractivity contribution >= 4 is 29.2 Å². The average molecular weight is 835 g/mol. The lowest BCUT2D eigenvalue weighted by atomic mass is 9.74. The Morgan fingerprint density at radius 1 is 1.08 bits per heavy atom. The number of ketones is 2. The summed E-state index contributed by atoms with van der Waals surface area (Å²) in [7, 11) is 3.61. The molecule has 3 aliphatic rings. The Labute approximate surface area is 343 Å². The number of aliphatic hydroxyl groups is 2. The van der Waals surface area contributed by atoms with Crippen LogP contribution in [-0.2, 0) is 49.5 Å². The van der Waals surface area contributed by atoms with Gasteiger partial charge in [-0.15, -0.1) is 0 Å². The summed E-state index contributed by atoms with van der Waals surface area (Å²) in [6.45, 7) is 11.1. The van der Waals surface area contributed by atoms with Crippen LogP contribution in [0.1, 0.15) is 80.3 Å². The van der Waals surface area contributed by atoms with Crippen LogP contribution in [0.25, 0.3) is 11.5 Å². The number of aromatic nitrogens is 3. The third-order valence-corrected chi connectivity index (χ3v) is 11.7. The maximum Gasteiger partial charge on any atom is 0.351 e. The highest BCUT2D eigenvalue weighted by Gasteiger charge is 2.57. The molecule has 3 saturated heterocycles. The quantitative estimate of drug-likeness (QED) is 0.197. The first-order chi connectivity index (χ1) is 27.6. The van der Waals surface area contributed by atoms with Gasteiger partial charge in [0.2, 0.25) is 0 Å². The summed E-state index contributed by atoms with van der Waals surface area (Å²) in [6, 6.07) is 2.94. The molecule has 4 N–H and O–H groups in total. The van der Waals surface area contributed by atoms with E-state index in [-0.39, 0.29) is 56.0 Å². The molecule has 5 heterocycles. The Bertz CT molecular complexity index is 1820. The maximum atomic E-state index is 16.8. The van der Waals surface area contributed by atoms with Crippen molar-refractivity contribution in [2.45, 2.75) is 141 Å². The summed E-state index contributed by atoms with van der Waals surface area (Å²) in [5, 5.41) is 31.6. The van der Waals surface area contributed by atoms with E-state index >= 15 is 4.39 Å². The number of esters is 1. The maximum absolute atomic E-state index is 16.8. The molecule has 0 unspecified atom stereocenters. The molecule has 5 rings (SSSR count). The minimum Gasteiger partial charge on any atom is -0.457 e. The molecule has 0 radical (unpaired) electrons. The van der Waals surface area contributed by atoms with Gasteiger partial charge in [-0.05, 0) is 78.3 Å². The molecule has 13 atom stereocenters. The van der Waals surface area contributed by atoms with Crippen LogP contribution >= 0.6 is 0 Å². The lowest BCUT2D eigenvalue weighted by Crippen LogP contribution is -2.61. The number of hydrogen-bond acceptors (Lipinski definition) is 18. The molecular formula is C40H59FN6O12. The largest absolute Gasteiger partial charge is 0.457 e. The van der Waals surface area contributed by atoms with E-state index in [1.807, 2.05) is 11.8 Å². The number of nitrogens with two attached hydrogens (primary N) is 1. The van der Waals surface area contributed by atoms with Crippen molar-refractivity contribution < 1.29 is 62.0 Å². The SMILES string of the molecule is CC[C@H]1OC(=O)[C@@](C)(F)C(=O)[C@H](C)[C@@H](O[C@@H]2O[C@H](C)C[C@H](N(C)C)[C@H]2O)[C@@]2(C)C[C@@H](C)C(=O)[C@H](C)[C@H](OC/C(=N\OCc3ccc(-c4nc(N)no4)cn3)CO2)[C@]1(C)O. The zero-order valence-corrected chi connectivity index (χ0v) is 35.4. The third-order valence-electron chi connectivity index (χ3n) is 11.7. The Kier molecular flexibility index (Phi) is 14.3. The molecule has 2 aromatic rings. The molecule has 328 valence electrons. The fraction of sp³-hybridized carbons (Fsp3) is 0.725. The Hall–Kier alpha value is -3.98. The Morgan fingerprint density at radius 2 is 1.80 bits per heavy atom. The van der Waals surface area contributed by atoms with Crippen molar-refractivity contribution in [1.29, 1.82) is 0 Å². The number of fused-ring (bicyclic) bond motifs is 5. The predicted octanol–water partition coefficient (Wildman–Crippen LogP) is 2.82. The first kappa shape index (κ1) is 46.1. The fourth-order valence-corrected chi connectivity index (χ4v) is 8.38. The third kappa shape index (κ3) is 9.98. The van der Waals surface area contributed by atoms with Crippen LogP contribution in [-0.4, -0.2) is 141 Å². The molecule has 18 nitrogen and oxygen atoms in total. The second-order valence-corrected chi connectivity index (χ2v) is 16.9. The summed E-state index contributed by atoms with van der Waals surface area (Å²) in [5.74, 6) is -6.19. The number of rotatable bonds is 8. The first-order valence-corrected chi connectivity index (χ1v) is 19.9. The zero-order valence-electron chi connectivity index (χ0n) is 35.4. The van der Waals surface area contributed by atoms with Gasteiger partial charge < -0.3 is 53.9 Å². The van der Waals surface area contributed by atoms with E-state index < -0.39 is 89.2 Å². The van der Waals surface area contributed by atoms with Crippen LogP contribution in [0.4, 0.5) is 10.3 Å². The summed E-state index contributed by atoms with van der Waals surface area (Å²) >= 11 is 0. The molecular weight excluding hydrogens is 775 g/mol. The normalized spacial score (nSPS) is 38.7. The minimum absolute atomic E-state index is 0.0200. The molecule has 0 amide bonds. The second kappa shape index (κ2) is 18.3. The molecule has 0 saturated carbocycles.